The molecule has 2 aliphatic heterocycles. The molecule has 0 radical (unpaired) electrons. The molecule has 4 atom stereocenters. The summed E-state index contributed by atoms with van der Waals surface area (Å²) >= 11 is 1.31. The van der Waals surface area contributed by atoms with Gasteiger partial charge in [0, 0.05) is 17.6 Å². The molecule has 2 saturated heterocycles. The third kappa shape index (κ3) is 8.53. The van der Waals surface area contributed by atoms with Crippen molar-refractivity contribution in [3.8, 4) is 0 Å². The van der Waals surface area contributed by atoms with Crippen molar-refractivity contribution >= 4 is 47.6 Å². The summed E-state index contributed by atoms with van der Waals surface area (Å²) in [5.41, 5.74) is 1.25. The molecule has 45 heavy (non-hydrogen) atoms. The number of carboxylic acids is 1. The summed E-state index contributed by atoms with van der Waals surface area (Å²) < 4.78 is 14.6. The molecule has 2 aromatic carbocycles. The van der Waals surface area contributed by atoms with Crippen molar-refractivity contribution in [3.05, 3.63) is 71.8 Å². The Labute approximate surface area is 263 Å². The molecule has 4 rings (SSSR count). The van der Waals surface area contributed by atoms with Gasteiger partial charge in [-0.1, -0.05) is 60.7 Å². The number of alkyl carbamates (subject to hydrolysis) is 1. The molecule has 240 valence electrons. The molecule has 2 fully saturated rings. The Kier molecular flexibility index (Phi) is 11.0. The molecule has 13 nitrogen and oxygen atoms in total. The molecule has 2 heterocycles. The highest BCUT2D eigenvalue weighted by Crippen LogP contribution is 2.51. The van der Waals surface area contributed by atoms with E-state index in [2.05, 4.69) is 10.6 Å². The first-order valence-electron chi connectivity index (χ1n) is 14.3. The predicted molar refractivity (Wildman–Crippen MR) is 160 cm³/mol. The smallest absolute Gasteiger partial charge is 0.408 e. The highest BCUT2D eigenvalue weighted by molar-refractivity contribution is 8.01. The van der Waals surface area contributed by atoms with E-state index in [0.717, 1.165) is 5.56 Å². The van der Waals surface area contributed by atoms with E-state index in [9.17, 15) is 28.8 Å². The van der Waals surface area contributed by atoms with E-state index < -0.39 is 70.9 Å². The van der Waals surface area contributed by atoms with E-state index in [-0.39, 0.29) is 19.4 Å². The average Bonchev–Trinajstić information content (AvgIpc) is 3.27. The largest absolute Gasteiger partial charge is 0.481 e. The number of benzene rings is 2. The fourth-order valence-electron chi connectivity index (χ4n) is 5.04. The number of hydrogen-bond donors (Lipinski definition) is 3. The van der Waals surface area contributed by atoms with Crippen molar-refractivity contribution in [1.82, 2.24) is 15.5 Å². The van der Waals surface area contributed by atoms with Crippen LogP contribution in [0.5, 0.6) is 0 Å². The number of aliphatic carboxylic acids is 1. The van der Waals surface area contributed by atoms with E-state index in [4.69, 9.17) is 19.3 Å². The van der Waals surface area contributed by atoms with Gasteiger partial charge in [0.1, 0.15) is 30.1 Å². The number of ether oxygens (including phenoxy) is 3. The van der Waals surface area contributed by atoms with Gasteiger partial charge in [0.05, 0.1) is 0 Å². The number of esters is 2. The molecule has 3 N–H and O–H groups in total. The monoisotopic (exact) mass is 641 g/mol. The molecule has 1 unspecified atom stereocenters. The number of nitrogens with zero attached hydrogens (tertiary/aromatic N) is 1. The minimum absolute atomic E-state index is 0.00313. The summed E-state index contributed by atoms with van der Waals surface area (Å²) in [4.78, 5) is 76.1. The highest BCUT2D eigenvalue weighted by Gasteiger charge is 2.64. The number of thioether (sulfide) groups is 1. The molecule has 0 spiro atoms. The van der Waals surface area contributed by atoms with Gasteiger partial charge in [-0.15, -0.1) is 11.8 Å². The Bertz CT molecular complexity index is 1400. The fourth-order valence-corrected chi connectivity index (χ4v) is 6.66. The van der Waals surface area contributed by atoms with Crippen molar-refractivity contribution in [1.29, 1.82) is 0 Å². The van der Waals surface area contributed by atoms with Gasteiger partial charge in [-0.25, -0.2) is 9.59 Å². The summed E-state index contributed by atoms with van der Waals surface area (Å²) in [6.07, 6.45) is -0.266. The second kappa shape index (κ2) is 14.9. The zero-order valence-corrected chi connectivity index (χ0v) is 25.6. The number of carbonyl (C=O) groups excluding carboxylic acids is 5. The molecule has 2 aliphatic rings. The summed E-state index contributed by atoms with van der Waals surface area (Å²) in [5.74, 6) is -3.49. The SMILES string of the molecule is CC1(C)S[C@@H]2[C@H](NC(=O)C(NC(=O)OCc3ccccc3)c3ccccc3)C(=O)N2[C@H]1C(=O)OCOC(=O)CCCCC(=O)O. The minimum Gasteiger partial charge on any atom is -0.481 e. The van der Waals surface area contributed by atoms with E-state index in [1.807, 2.05) is 18.2 Å². The lowest BCUT2D eigenvalue weighted by Crippen LogP contribution is -2.71. The van der Waals surface area contributed by atoms with Crippen LogP contribution in [0, 0.1) is 0 Å². The van der Waals surface area contributed by atoms with Gasteiger partial charge in [0.15, 0.2) is 0 Å². The molecule has 0 saturated carbocycles. The van der Waals surface area contributed by atoms with Crippen LogP contribution in [0.4, 0.5) is 4.79 Å². The summed E-state index contributed by atoms with van der Waals surface area (Å²) in [5, 5.41) is 13.4. The maximum Gasteiger partial charge on any atom is 0.408 e. The van der Waals surface area contributed by atoms with Crippen molar-refractivity contribution in [3.63, 3.8) is 0 Å². The van der Waals surface area contributed by atoms with E-state index in [1.54, 1.807) is 56.3 Å². The Balaban J connectivity index is 1.33. The Morgan fingerprint density at radius 1 is 0.933 bits per heavy atom. The molecule has 0 aliphatic carbocycles. The number of carboxylic acid groups (broad SMARTS) is 1. The van der Waals surface area contributed by atoms with E-state index >= 15 is 0 Å². The number of rotatable bonds is 14. The standard InChI is InChI=1S/C31H35N3O10S/c1-31(2)25(29(40)44-18-43-22(37)16-10-9-15-21(35)36)34-27(39)24(28(34)45-31)32-26(38)23(20-13-7-4-8-14-20)33-30(41)42-17-19-11-5-3-6-12-19/h3-8,11-14,23-25,28H,9-10,15-18H2,1-2H3,(H,32,38)(H,33,41)(H,35,36)/t23?,24-,25+,28-/m1/s1. The zero-order chi connectivity index (χ0) is 32.6. The van der Waals surface area contributed by atoms with Crippen molar-refractivity contribution in [2.45, 2.75) is 74.4 Å². The Morgan fingerprint density at radius 2 is 1.58 bits per heavy atom. The van der Waals surface area contributed by atoms with Crippen LogP contribution >= 0.6 is 11.8 Å². The van der Waals surface area contributed by atoms with Gasteiger partial charge in [0.25, 0.3) is 0 Å². The van der Waals surface area contributed by atoms with Gasteiger partial charge in [-0.05, 0) is 37.8 Å². The van der Waals surface area contributed by atoms with Crippen LogP contribution in [0.2, 0.25) is 0 Å². The van der Waals surface area contributed by atoms with Crippen molar-refractivity contribution < 1.29 is 48.1 Å². The quantitative estimate of drug-likeness (QED) is 0.120. The molecular formula is C31H35N3O10S. The van der Waals surface area contributed by atoms with Crippen LogP contribution in [0.1, 0.15) is 56.7 Å². The van der Waals surface area contributed by atoms with Gasteiger partial charge < -0.3 is 34.9 Å². The van der Waals surface area contributed by atoms with Crippen molar-refractivity contribution in [2.75, 3.05) is 6.79 Å². The molecular weight excluding hydrogens is 606 g/mol. The highest BCUT2D eigenvalue weighted by atomic mass is 32.2. The summed E-state index contributed by atoms with van der Waals surface area (Å²) in [7, 11) is 0. The van der Waals surface area contributed by atoms with Crippen LogP contribution in [-0.4, -0.2) is 74.8 Å². The maximum absolute atomic E-state index is 13.5. The summed E-state index contributed by atoms with van der Waals surface area (Å²) in [6, 6.07) is 14.5. The predicted octanol–water partition coefficient (Wildman–Crippen LogP) is 2.89. The average molecular weight is 642 g/mol. The number of unbranched alkanes of at least 4 members (excludes halogenated alkanes) is 1. The first-order valence-corrected chi connectivity index (χ1v) is 15.2. The Hall–Kier alpha value is -4.59. The van der Waals surface area contributed by atoms with Crippen LogP contribution in [-0.2, 0) is 44.8 Å². The first-order chi connectivity index (χ1) is 21.5. The van der Waals surface area contributed by atoms with Gasteiger partial charge >= 0.3 is 24.0 Å². The minimum atomic E-state index is -1.16. The van der Waals surface area contributed by atoms with Crippen molar-refractivity contribution in [2.24, 2.45) is 0 Å². The lowest BCUT2D eigenvalue weighted by atomic mass is 9.95. The number of amides is 3. The number of hydrogen-bond acceptors (Lipinski definition) is 10. The number of β-lactam (4-membered cyclic amide) rings is 1. The van der Waals surface area contributed by atoms with E-state index in [0.29, 0.717) is 18.4 Å². The maximum atomic E-state index is 13.5. The van der Waals surface area contributed by atoms with Crippen LogP contribution in [0.3, 0.4) is 0 Å². The fraction of sp³-hybridized carbons (Fsp3) is 0.419. The third-order valence-electron chi connectivity index (χ3n) is 7.27. The number of fused-ring (bicyclic) bond motifs is 1. The molecule has 14 heteroatoms. The van der Waals surface area contributed by atoms with E-state index in [1.165, 1.54) is 16.7 Å². The summed E-state index contributed by atoms with van der Waals surface area (Å²) in [6.45, 7) is 2.88. The number of nitrogens with one attached hydrogen (secondary N) is 2. The van der Waals surface area contributed by atoms with Crippen LogP contribution < -0.4 is 10.6 Å². The topological polar surface area (TPSA) is 178 Å². The van der Waals surface area contributed by atoms with Crippen LogP contribution in [0.15, 0.2) is 60.7 Å². The molecule has 0 bridgehead atoms. The second-order valence-electron chi connectivity index (χ2n) is 11.0. The molecule has 0 aromatic heterocycles. The molecule has 3 amide bonds. The lowest BCUT2D eigenvalue weighted by molar-refractivity contribution is -0.176. The van der Waals surface area contributed by atoms with Gasteiger partial charge in [-0.2, -0.15) is 0 Å². The third-order valence-corrected chi connectivity index (χ3v) is 8.85. The lowest BCUT2D eigenvalue weighted by Gasteiger charge is -2.44. The van der Waals surface area contributed by atoms with Gasteiger partial charge in [-0.3, -0.25) is 19.2 Å². The normalized spacial score (nSPS) is 20.2. The number of carbonyl (C=O) groups is 6. The second-order valence-corrected chi connectivity index (χ2v) is 12.8. The first kappa shape index (κ1) is 33.3. The Morgan fingerprint density at radius 3 is 2.24 bits per heavy atom. The zero-order valence-electron chi connectivity index (χ0n) is 24.8. The molecule has 2 aromatic rings. The van der Waals surface area contributed by atoms with Crippen LogP contribution in [0.25, 0.3) is 0 Å². The van der Waals surface area contributed by atoms with Gasteiger partial charge in [0.2, 0.25) is 18.6 Å².